The Bertz CT molecular complexity index is 592. The van der Waals surface area contributed by atoms with Crippen molar-refractivity contribution < 1.29 is 9.84 Å². The van der Waals surface area contributed by atoms with Gasteiger partial charge in [-0.05, 0) is 37.3 Å². The number of rotatable bonds is 8. The highest BCUT2D eigenvalue weighted by molar-refractivity contribution is 5.48. The van der Waals surface area contributed by atoms with Gasteiger partial charge in [-0.2, -0.15) is 0 Å². The summed E-state index contributed by atoms with van der Waals surface area (Å²) in [6.07, 6.45) is 6.00. The molecule has 1 unspecified atom stereocenters. The smallest absolute Gasteiger partial charge is 0.139 e. The van der Waals surface area contributed by atoms with Crippen LogP contribution in [0.2, 0.25) is 0 Å². The second-order valence-electron chi connectivity index (χ2n) is 5.90. The van der Waals surface area contributed by atoms with Gasteiger partial charge in [0.2, 0.25) is 0 Å². The summed E-state index contributed by atoms with van der Waals surface area (Å²) in [5, 5.41) is 13.1. The number of pyridine rings is 1. The van der Waals surface area contributed by atoms with E-state index in [4.69, 9.17) is 4.74 Å². The van der Waals surface area contributed by atoms with E-state index < -0.39 is 6.10 Å². The molecular formula is C16H23N3O2. The number of aliphatic hydroxyl groups is 1. The van der Waals surface area contributed by atoms with Crippen LogP contribution in [-0.2, 0) is 11.3 Å². The van der Waals surface area contributed by atoms with Crippen molar-refractivity contribution in [1.29, 1.82) is 0 Å². The third kappa shape index (κ3) is 3.81. The van der Waals surface area contributed by atoms with E-state index in [1.165, 1.54) is 12.8 Å². The maximum absolute atomic E-state index is 9.86. The number of imidazole rings is 1. The van der Waals surface area contributed by atoms with E-state index in [-0.39, 0.29) is 0 Å². The van der Waals surface area contributed by atoms with Crippen LogP contribution in [0.1, 0.15) is 24.1 Å². The number of ether oxygens (including phenoxy) is 1. The van der Waals surface area contributed by atoms with E-state index in [9.17, 15) is 5.11 Å². The zero-order valence-corrected chi connectivity index (χ0v) is 12.5. The van der Waals surface area contributed by atoms with Gasteiger partial charge < -0.3 is 19.6 Å². The minimum absolute atomic E-state index is 0.412. The van der Waals surface area contributed by atoms with Crippen LogP contribution >= 0.6 is 0 Å². The molecule has 3 rings (SSSR count). The van der Waals surface area contributed by atoms with Crippen LogP contribution in [-0.4, -0.2) is 40.4 Å². The van der Waals surface area contributed by atoms with Crippen molar-refractivity contribution in [1.82, 2.24) is 14.7 Å². The van der Waals surface area contributed by atoms with Gasteiger partial charge >= 0.3 is 0 Å². The fourth-order valence-corrected chi connectivity index (χ4v) is 2.41. The van der Waals surface area contributed by atoms with Crippen LogP contribution in [0.4, 0.5) is 0 Å². The maximum atomic E-state index is 9.86. The van der Waals surface area contributed by atoms with Crippen LogP contribution < -0.4 is 5.32 Å². The summed E-state index contributed by atoms with van der Waals surface area (Å²) >= 11 is 0. The highest BCUT2D eigenvalue weighted by Crippen LogP contribution is 2.28. The van der Waals surface area contributed by atoms with Crippen molar-refractivity contribution >= 4 is 5.65 Å². The molecule has 1 saturated carbocycles. The summed E-state index contributed by atoms with van der Waals surface area (Å²) in [6.45, 7) is 4.48. The molecule has 5 nitrogen and oxygen atoms in total. The average molecular weight is 289 g/mol. The number of hydrogen-bond donors (Lipinski definition) is 2. The van der Waals surface area contributed by atoms with Gasteiger partial charge in [0.05, 0.1) is 24.6 Å². The molecule has 0 aromatic carbocycles. The highest BCUT2D eigenvalue weighted by atomic mass is 16.5. The van der Waals surface area contributed by atoms with Crippen molar-refractivity contribution in [3.8, 4) is 0 Å². The number of nitrogens with zero attached hydrogens (tertiary/aromatic N) is 2. The second-order valence-corrected chi connectivity index (χ2v) is 5.90. The summed E-state index contributed by atoms with van der Waals surface area (Å²) in [4.78, 5) is 4.43. The fourth-order valence-electron chi connectivity index (χ4n) is 2.41. The summed E-state index contributed by atoms with van der Waals surface area (Å²) in [5.41, 5.74) is 3.25. The van der Waals surface area contributed by atoms with E-state index >= 15 is 0 Å². The zero-order chi connectivity index (χ0) is 14.7. The normalized spacial score (nSPS) is 16.5. The van der Waals surface area contributed by atoms with Gasteiger partial charge in [0, 0.05) is 25.9 Å². The lowest BCUT2D eigenvalue weighted by Gasteiger charge is -2.12. The molecule has 21 heavy (non-hydrogen) atoms. The first-order valence-electron chi connectivity index (χ1n) is 7.62. The number of hydrogen-bond acceptors (Lipinski definition) is 4. The highest BCUT2D eigenvalue weighted by Gasteiger charge is 2.21. The first-order chi connectivity index (χ1) is 10.2. The number of aliphatic hydroxyl groups excluding tert-OH is 1. The second kappa shape index (κ2) is 6.56. The SMILES string of the molecule is Cc1cccn2c(CNCC(O)COCC3CC3)cnc12. The monoisotopic (exact) mass is 289 g/mol. The third-order valence-electron chi connectivity index (χ3n) is 3.85. The van der Waals surface area contributed by atoms with Crippen molar-refractivity contribution in [3.63, 3.8) is 0 Å². The molecule has 114 valence electrons. The van der Waals surface area contributed by atoms with Crippen molar-refractivity contribution in [2.24, 2.45) is 5.92 Å². The Morgan fingerprint density at radius 3 is 3.19 bits per heavy atom. The van der Waals surface area contributed by atoms with E-state index in [1.807, 2.05) is 18.5 Å². The standard InChI is InChI=1S/C16H23N3O2/c1-12-3-2-6-19-14(8-18-16(12)19)7-17-9-15(20)11-21-10-13-4-5-13/h2-3,6,8,13,15,17,20H,4-5,7,9-11H2,1H3. The molecule has 1 aliphatic carbocycles. The van der Waals surface area contributed by atoms with E-state index in [1.54, 1.807) is 0 Å². The van der Waals surface area contributed by atoms with Crippen LogP contribution in [0, 0.1) is 12.8 Å². The van der Waals surface area contributed by atoms with Crippen LogP contribution in [0.25, 0.3) is 5.65 Å². The Morgan fingerprint density at radius 2 is 2.38 bits per heavy atom. The van der Waals surface area contributed by atoms with Crippen LogP contribution in [0.5, 0.6) is 0 Å². The first kappa shape index (κ1) is 14.5. The number of aromatic nitrogens is 2. The molecule has 1 fully saturated rings. The first-order valence-corrected chi connectivity index (χ1v) is 7.62. The lowest BCUT2D eigenvalue weighted by Crippen LogP contribution is -2.30. The predicted octanol–water partition coefficient (Wildman–Crippen LogP) is 1.52. The predicted molar refractivity (Wildman–Crippen MR) is 81.2 cm³/mol. The average Bonchev–Trinajstić information content (AvgIpc) is 3.19. The number of nitrogens with one attached hydrogen (secondary N) is 1. The topological polar surface area (TPSA) is 58.8 Å². The molecule has 1 atom stereocenters. The molecule has 0 bridgehead atoms. The number of fused-ring (bicyclic) bond motifs is 1. The summed E-state index contributed by atoms with van der Waals surface area (Å²) in [5.74, 6) is 0.742. The number of aryl methyl sites for hydroxylation is 1. The molecule has 2 N–H and O–H groups in total. The maximum Gasteiger partial charge on any atom is 0.139 e. The molecule has 0 spiro atoms. The van der Waals surface area contributed by atoms with Crippen LogP contribution in [0.15, 0.2) is 24.5 Å². The Labute approximate surface area is 125 Å². The van der Waals surface area contributed by atoms with Gasteiger partial charge in [-0.1, -0.05) is 6.07 Å². The van der Waals surface area contributed by atoms with Gasteiger partial charge in [-0.15, -0.1) is 0 Å². The van der Waals surface area contributed by atoms with E-state index in [0.717, 1.165) is 29.4 Å². The van der Waals surface area contributed by atoms with E-state index in [0.29, 0.717) is 19.7 Å². The Balaban J connectivity index is 1.44. The zero-order valence-electron chi connectivity index (χ0n) is 12.5. The Kier molecular flexibility index (Phi) is 4.53. The minimum atomic E-state index is -0.454. The quantitative estimate of drug-likeness (QED) is 0.773. The molecule has 1 aliphatic rings. The molecule has 0 radical (unpaired) electrons. The largest absolute Gasteiger partial charge is 0.389 e. The van der Waals surface area contributed by atoms with Crippen LogP contribution in [0.3, 0.4) is 0 Å². The molecule has 2 aromatic rings. The summed E-state index contributed by atoms with van der Waals surface area (Å²) in [6, 6.07) is 4.08. The summed E-state index contributed by atoms with van der Waals surface area (Å²) < 4.78 is 7.57. The van der Waals surface area contributed by atoms with Gasteiger partial charge in [0.25, 0.3) is 0 Å². The lowest BCUT2D eigenvalue weighted by atomic mass is 10.3. The van der Waals surface area contributed by atoms with Gasteiger partial charge in [0.1, 0.15) is 5.65 Å². The molecule has 0 amide bonds. The van der Waals surface area contributed by atoms with Crippen molar-refractivity contribution in [3.05, 3.63) is 35.8 Å². The molecule has 5 heteroatoms. The molecule has 2 heterocycles. The molecule has 0 aliphatic heterocycles. The molecule has 0 saturated heterocycles. The Morgan fingerprint density at radius 1 is 1.52 bits per heavy atom. The minimum Gasteiger partial charge on any atom is -0.389 e. The van der Waals surface area contributed by atoms with E-state index in [2.05, 4.69) is 27.7 Å². The van der Waals surface area contributed by atoms with Gasteiger partial charge in [-0.3, -0.25) is 0 Å². The third-order valence-corrected chi connectivity index (χ3v) is 3.85. The summed E-state index contributed by atoms with van der Waals surface area (Å²) in [7, 11) is 0. The molecule has 2 aromatic heterocycles. The molecular weight excluding hydrogens is 266 g/mol. The van der Waals surface area contributed by atoms with Gasteiger partial charge in [0.15, 0.2) is 0 Å². The Hall–Kier alpha value is -1.43. The lowest BCUT2D eigenvalue weighted by molar-refractivity contribution is 0.0324. The van der Waals surface area contributed by atoms with Crippen molar-refractivity contribution in [2.75, 3.05) is 19.8 Å². The fraction of sp³-hybridized carbons (Fsp3) is 0.562. The van der Waals surface area contributed by atoms with Gasteiger partial charge in [-0.25, -0.2) is 4.98 Å². The van der Waals surface area contributed by atoms with Crippen molar-refractivity contribution in [2.45, 2.75) is 32.4 Å².